The van der Waals surface area contributed by atoms with E-state index >= 15 is 0 Å². The van der Waals surface area contributed by atoms with Crippen LogP contribution in [0.15, 0.2) is 12.1 Å². The number of esters is 1. The van der Waals surface area contributed by atoms with E-state index in [4.69, 9.17) is 0 Å². The minimum absolute atomic E-state index is 0.429. The Morgan fingerprint density at radius 1 is 1.14 bits per heavy atom. The van der Waals surface area contributed by atoms with Crippen molar-refractivity contribution in [2.45, 2.75) is 45.1 Å². The number of halogens is 2. The van der Waals surface area contributed by atoms with Crippen molar-refractivity contribution in [3.8, 4) is 0 Å². The lowest BCUT2D eigenvalue weighted by Crippen LogP contribution is -2.47. The number of hydrogen-bond donors (Lipinski definition) is 2. The van der Waals surface area contributed by atoms with E-state index in [9.17, 15) is 28.0 Å². The fraction of sp³-hybridized carbons (Fsp3) is 0.474. The standard InChI is InChI=1S/C19H23F2N3O5/c1-4-6-19(7-5-2)17(27)24(18(28)23-19)10-15(25)22-14-8-11(16(26)29-3)12(20)9-13(14)21/h8-9H,4-7,10H2,1-3H3,(H,22,25)(H,23,28). The van der Waals surface area contributed by atoms with Gasteiger partial charge in [0.15, 0.2) is 0 Å². The third-order valence-corrected chi connectivity index (χ3v) is 4.64. The van der Waals surface area contributed by atoms with Crippen LogP contribution in [0.2, 0.25) is 0 Å². The first kappa shape index (κ1) is 22.3. The molecule has 0 atom stereocenters. The largest absolute Gasteiger partial charge is 0.465 e. The molecule has 8 nitrogen and oxygen atoms in total. The van der Waals surface area contributed by atoms with Crippen LogP contribution in [0, 0.1) is 11.6 Å². The first-order valence-corrected chi connectivity index (χ1v) is 9.20. The molecule has 1 saturated heterocycles. The number of hydrogen-bond acceptors (Lipinski definition) is 5. The highest BCUT2D eigenvalue weighted by Gasteiger charge is 2.50. The molecule has 0 saturated carbocycles. The summed E-state index contributed by atoms with van der Waals surface area (Å²) in [6.07, 6.45) is 2.17. The van der Waals surface area contributed by atoms with Gasteiger partial charge in [0.25, 0.3) is 5.91 Å². The quantitative estimate of drug-likeness (QED) is 0.505. The van der Waals surface area contributed by atoms with E-state index in [1.807, 2.05) is 13.8 Å². The Labute approximate surface area is 166 Å². The Morgan fingerprint density at radius 3 is 2.31 bits per heavy atom. The highest BCUT2D eigenvalue weighted by atomic mass is 19.1. The molecule has 0 aliphatic carbocycles. The third kappa shape index (κ3) is 4.52. The number of benzene rings is 1. The predicted octanol–water partition coefficient (Wildman–Crippen LogP) is 2.58. The summed E-state index contributed by atoms with van der Waals surface area (Å²) in [6, 6.07) is 0.517. The SMILES string of the molecule is CCCC1(CCC)NC(=O)N(CC(=O)Nc2cc(C(=O)OC)c(F)cc2F)C1=O. The van der Waals surface area contributed by atoms with Gasteiger partial charge in [-0.1, -0.05) is 26.7 Å². The van der Waals surface area contributed by atoms with E-state index < -0.39 is 58.8 Å². The van der Waals surface area contributed by atoms with Crippen LogP contribution in [0.3, 0.4) is 0 Å². The van der Waals surface area contributed by atoms with Crippen molar-refractivity contribution in [1.29, 1.82) is 0 Å². The molecular formula is C19H23F2N3O5. The Kier molecular flexibility index (Phi) is 6.89. The molecule has 158 valence electrons. The number of methoxy groups -OCH3 is 1. The number of anilines is 1. The van der Waals surface area contributed by atoms with Gasteiger partial charge in [0.2, 0.25) is 5.91 Å². The minimum Gasteiger partial charge on any atom is -0.465 e. The van der Waals surface area contributed by atoms with Crippen molar-refractivity contribution >= 4 is 29.5 Å². The summed E-state index contributed by atoms with van der Waals surface area (Å²) in [7, 11) is 1.03. The molecule has 0 aromatic heterocycles. The van der Waals surface area contributed by atoms with Gasteiger partial charge < -0.3 is 15.4 Å². The molecule has 1 aliphatic rings. The molecule has 0 unspecified atom stereocenters. The molecule has 4 amide bonds. The molecule has 1 heterocycles. The number of nitrogens with zero attached hydrogens (tertiary/aromatic N) is 1. The van der Waals surface area contributed by atoms with Gasteiger partial charge >= 0.3 is 12.0 Å². The second-order valence-electron chi connectivity index (χ2n) is 6.76. The number of imide groups is 1. The van der Waals surface area contributed by atoms with Crippen LogP contribution in [-0.4, -0.2) is 47.9 Å². The summed E-state index contributed by atoms with van der Waals surface area (Å²) in [5.74, 6) is -4.71. The van der Waals surface area contributed by atoms with Gasteiger partial charge in [0.05, 0.1) is 18.4 Å². The van der Waals surface area contributed by atoms with Crippen LogP contribution in [0.4, 0.5) is 19.3 Å². The Balaban J connectivity index is 2.18. The van der Waals surface area contributed by atoms with E-state index in [-0.39, 0.29) is 0 Å². The fourth-order valence-corrected chi connectivity index (χ4v) is 3.38. The van der Waals surface area contributed by atoms with E-state index in [0.29, 0.717) is 31.7 Å². The second kappa shape index (κ2) is 8.97. The summed E-state index contributed by atoms with van der Waals surface area (Å²) in [6.45, 7) is 3.11. The maximum atomic E-state index is 14.0. The van der Waals surface area contributed by atoms with Gasteiger partial charge in [0, 0.05) is 6.07 Å². The zero-order valence-corrected chi connectivity index (χ0v) is 16.4. The number of carbonyl (C=O) groups excluding carboxylic acids is 4. The smallest absolute Gasteiger partial charge is 0.340 e. The van der Waals surface area contributed by atoms with Crippen molar-refractivity contribution in [1.82, 2.24) is 10.2 Å². The normalized spacial score (nSPS) is 15.3. The van der Waals surface area contributed by atoms with E-state index in [1.165, 1.54) is 0 Å². The van der Waals surface area contributed by atoms with Crippen molar-refractivity contribution in [2.24, 2.45) is 0 Å². The minimum atomic E-state index is -1.15. The summed E-state index contributed by atoms with van der Waals surface area (Å²) < 4.78 is 32.1. The Morgan fingerprint density at radius 2 is 1.76 bits per heavy atom. The van der Waals surface area contributed by atoms with Crippen molar-refractivity contribution in [3.05, 3.63) is 29.3 Å². The number of carbonyl (C=O) groups is 4. The topological polar surface area (TPSA) is 105 Å². The van der Waals surface area contributed by atoms with Gasteiger partial charge in [-0.15, -0.1) is 0 Å². The van der Waals surface area contributed by atoms with Crippen LogP contribution in [0.25, 0.3) is 0 Å². The van der Waals surface area contributed by atoms with Gasteiger partial charge in [-0.25, -0.2) is 18.4 Å². The molecule has 0 spiro atoms. The zero-order chi connectivity index (χ0) is 21.8. The molecule has 1 fully saturated rings. The van der Waals surface area contributed by atoms with Crippen molar-refractivity contribution < 1.29 is 32.7 Å². The zero-order valence-electron chi connectivity index (χ0n) is 16.4. The van der Waals surface area contributed by atoms with Crippen LogP contribution in [0.5, 0.6) is 0 Å². The van der Waals surface area contributed by atoms with Gasteiger partial charge in [0.1, 0.15) is 23.7 Å². The van der Waals surface area contributed by atoms with Crippen LogP contribution in [0.1, 0.15) is 49.9 Å². The van der Waals surface area contributed by atoms with Gasteiger partial charge in [-0.2, -0.15) is 0 Å². The second-order valence-corrected chi connectivity index (χ2v) is 6.76. The summed E-state index contributed by atoms with van der Waals surface area (Å²) >= 11 is 0. The lowest BCUT2D eigenvalue weighted by atomic mass is 9.88. The van der Waals surface area contributed by atoms with Crippen LogP contribution < -0.4 is 10.6 Å². The first-order valence-electron chi connectivity index (χ1n) is 9.20. The maximum absolute atomic E-state index is 14.0. The average Bonchev–Trinajstić information content (AvgIpc) is 2.88. The number of ether oxygens (including phenoxy) is 1. The van der Waals surface area contributed by atoms with Crippen LogP contribution in [-0.2, 0) is 14.3 Å². The lowest BCUT2D eigenvalue weighted by molar-refractivity contribution is -0.134. The molecule has 1 aliphatic heterocycles. The maximum Gasteiger partial charge on any atom is 0.340 e. The molecule has 2 rings (SSSR count). The highest BCUT2D eigenvalue weighted by Crippen LogP contribution is 2.28. The van der Waals surface area contributed by atoms with Crippen molar-refractivity contribution in [2.75, 3.05) is 19.0 Å². The van der Waals surface area contributed by atoms with E-state index in [2.05, 4.69) is 15.4 Å². The molecule has 0 bridgehead atoms. The lowest BCUT2D eigenvalue weighted by Gasteiger charge is -2.25. The Hall–Kier alpha value is -3.04. The highest BCUT2D eigenvalue weighted by molar-refractivity contribution is 6.10. The molecule has 2 N–H and O–H groups in total. The number of amides is 4. The molecule has 10 heteroatoms. The fourth-order valence-electron chi connectivity index (χ4n) is 3.38. The van der Waals surface area contributed by atoms with Gasteiger partial charge in [-0.3, -0.25) is 14.5 Å². The summed E-state index contributed by atoms with van der Waals surface area (Å²) in [5, 5.41) is 4.82. The van der Waals surface area contributed by atoms with E-state index in [1.54, 1.807) is 0 Å². The average molecular weight is 411 g/mol. The number of urea groups is 1. The monoisotopic (exact) mass is 411 g/mol. The molecular weight excluding hydrogens is 388 g/mol. The summed E-state index contributed by atoms with van der Waals surface area (Å²) in [5.41, 5.74) is -2.10. The molecule has 1 aromatic rings. The number of nitrogens with one attached hydrogen (secondary N) is 2. The van der Waals surface area contributed by atoms with Crippen molar-refractivity contribution in [3.63, 3.8) is 0 Å². The van der Waals surface area contributed by atoms with Crippen LogP contribution >= 0.6 is 0 Å². The Bertz CT molecular complexity index is 837. The molecule has 1 aromatic carbocycles. The predicted molar refractivity (Wildman–Crippen MR) is 99.1 cm³/mol. The first-order chi connectivity index (χ1) is 13.7. The van der Waals surface area contributed by atoms with Gasteiger partial charge in [-0.05, 0) is 18.9 Å². The van der Waals surface area contributed by atoms with E-state index in [0.717, 1.165) is 18.1 Å². The molecule has 29 heavy (non-hydrogen) atoms. The third-order valence-electron chi connectivity index (χ3n) is 4.64. The number of rotatable bonds is 8. The summed E-state index contributed by atoms with van der Waals surface area (Å²) in [4.78, 5) is 49.7. The molecule has 0 radical (unpaired) electrons.